The molecular weight excluding hydrogens is 373 g/mol. The van der Waals surface area contributed by atoms with E-state index in [0.29, 0.717) is 12.5 Å². The van der Waals surface area contributed by atoms with Crippen molar-refractivity contribution in [2.45, 2.75) is 32.8 Å². The number of rotatable bonds is 4. The summed E-state index contributed by atoms with van der Waals surface area (Å²) in [6.07, 6.45) is -5.08. The Balaban J connectivity index is 0.000000298. The average molecular weight is 392 g/mol. The SMILES string of the molecule is Cc1nnn2c1COCC(CNCc1cccs1)C2.O=C(O)C(F)(F)F. The molecule has 11 heteroatoms. The molecule has 2 aromatic rings. The number of alkyl halides is 3. The molecule has 0 aromatic carbocycles. The van der Waals surface area contributed by atoms with Gasteiger partial charge in [-0.2, -0.15) is 13.2 Å². The van der Waals surface area contributed by atoms with Crippen molar-refractivity contribution in [3.05, 3.63) is 33.8 Å². The highest BCUT2D eigenvalue weighted by molar-refractivity contribution is 7.09. The number of carboxylic acid groups (broad SMARTS) is 1. The van der Waals surface area contributed by atoms with Crippen LogP contribution in [0, 0.1) is 12.8 Å². The molecular formula is C15H19F3N4O3S. The van der Waals surface area contributed by atoms with E-state index in [1.165, 1.54) is 4.88 Å². The number of aromatic nitrogens is 3. The fraction of sp³-hybridized carbons (Fsp3) is 0.533. The molecule has 1 atom stereocenters. The van der Waals surface area contributed by atoms with Crippen LogP contribution in [-0.4, -0.2) is 45.4 Å². The van der Waals surface area contributed by atoms with Gasteiger partial charge in [0.15, 0.2) is 0 Å². The zero-order valence-corrected chi connectivity index (χ0v) is 14.8. The number of fused-ring (bicyclic) bond motifs is 1. The Kier molecular flexibility index (Phi) is 7.12. The molecule has 3 heterocycles. The molecule has 3 rings (SSSR count). The number of nitrogens with zero attached hydrogens (tertiary/aromatic N) is 3. The topological polar surface area (TPSA) is 89.3 Å². The predicted molar refractivity (Wildman–Crippen MR) is 87.6 cm³/mol. The first kappa shape index (κ1) is 20.3. The lowest BCUT2D eigenvalue weighted by Crippen LogP contribution is -2.28. The van der Waals surface area contributed by atoms with Gasteiger partial charge in [0.25, 0.3) is 0 Å². The lowest BCUT2D eigenvalue weighted by molar-refractivity contribution is -0.192. The minimum absolute atomic E-state index is 0.447. The Morgan fingerprint density at radius 3 is 2.88 bits per heavy atom. The summed E-state index contributed by atoms with van der Waals surface area (Å²) < 4.78 is 39.4. The van der Waals surface area contributed by atoms with E-state index >= 15 is 0 Å². The monoisotopic (exact) mass is 392 g/mol. The molecule has 0 saturated carbocycles. The van der Waals surface area contributed by atoms with E-state index in [4.69, 9.17) is 14.6 Å². The van der Waals surface area contributed by atoms with Crippen molar-refractivity contribution < 1.29 is 27.8 Å². The highest BCUT2D eigenvalue weighted by atomic mass is 32.1. The van der Waals surface area contributed by atoms with Gasteiger partial charge in [0.1, 0.15) is 0 Å². The number of nitrogens with one attached hydrogen (secondary N) is 1. The van der Waals surface area contributed by atoms with Gasteiger partial charge in [0.05, 0.1) is 24.6 Å². The van der Waals surface area contributed by atoms with E-state index in [1.807, 2.05) is 11.6 Å². The lowest BCUT2D eigenvalue weighted by Gasteiger charge is -2.14. The minimum atomic E-state index is -5.08. The molecule has 0 bridgehead atoms. The maximum atomic E-state index is 10.6. The Bertz CT molecular complexity index is 704. The second-order valence-electron chi connectivity index (χ2n) is 5.70. The number of halogens is 3. The summed E-state index contributed by atoms with van der Waals surface area (Å²) in [5.74, 6) is -2.31. The van der Waals surface area contributed by atoms with Crippen molar-refractivity contribution in [2.75, 3.05) is 13.2 Å². The van der Waals surface area contributed by atoms with Crippen LogP contribution >= 0.6 is 11.3 Å². The Morgan fingerprint density at radius 1 is 1.54 bits per heavy atom. The third kappa shape index (κ3) is 6.07. The first-order chi connectivity index (χ1) is 12.3. The maximum absolute atomic E-state index is 10.6. The van der Waals surface area contributed by atoms with E-state index < -0.39 is 12.1 Å². The molecule has 2 aromatic heterocycles. The average Bonchev–Trinajstić information content (AvgIpc) is 3.13. The first-order valence-electron chi connectivity index (χ1n) is 7.77. The molecule has 0 amide bonds. The van der Waals surface area contributed by atoms with Gasteiger partial charge in [-0.3, -0.25) is 0 Å². The number of aryl methyl sites for hydroxylation is 1. The number of thiophene rings is 1. The summed E-state index contributed by atoms with van der Waals surface area (Å²) in [7, 11) is 0. The standard InChI is InChI=1S/C13H18N4OS.C2HF3O2/c1-10-13-9-18-8-11(7-17(13)16-15-10)5-14-6-12-3-2-4-19-12;3-2(4,5)1(6)7/h2-4,11,14H,5-9H2,1H3;(H,6,7). The van der Waals surface area contributed by atoms with Gasteiger partial charge >= 0.3 is 12.1 Å². The van der Waals surface area contributed by atoms with Gasteiger partial charge < -0.3 is 15.2 Å². The van der Waals surface area contributed by atoms with E-state index in [9.17, 15) is 13.2 Å². The van der Waals surface area contributed by atoms with Crippen LogP contribution in [0.5, 0.6) is 0 Å². The van der Waals surface area contributed by atoms with Crippen LogP contribution in [0.2, 0.25) is 0 Å². The van der Waals surface area contributed by atoms with Crippen LogP contribution < -0.4 is 5.32 Å². The predicted octanol–water partition coefficient (Wildman–Crippen LogP) is 2.22. The van der Waals surface area contributed by atoms with Gasteiger partial charge in [-0.05, 0) is 18.4 Å². The molecule has 1 aliphatic heterocycles. The van der Waals surface area contributed by atoms with Gasteiger partial charge in [-0.1, -0.05) is 11.3 Å². The lowest BCUT2D eigenvalue weighted by atomic mass is 10.1. The molecule has 26 heavy (non-hydrogen) atoms. The van der Waals surface area contributed by atoms with Crippen LogP contribution in [-0.2, 0) is 29.2 Å². The maximum Gasteiger partial charge on any atom is 0.490 e. The van der Waals surface area contributed by atoms with Crippen molar-refractivity contribution in [3.63, 3.8) is 0 Å². The highest BCUT2D eigenvalue weighted by Crippen LogP contribution is 2.15. The molecule has 0 spiro atoms. The number of hydrogen-bond acceptors (Lipinski definition) is 6. The molecule has 0 aliphatic carbocycles. The van der Waals surface area contributed by atoms with E-state index in [-0.39, 0.29) is 0 Å². The molecule has 1 aliphatic rings. The Labute approximate surface area is 151 Å². The summed E-state index contributed by atoms with van der Waals surface area (Å²) in [6, 6.07) is 4.24. The number of aliphatic carboxylic acids is 1. The number of hydrogen-bond donors (Lipinski definition) is 2. The largest absolute Gasteiger partial charge is 0.490 e. The molecule has 7 nitrogen and oxygen atoms in total. The third-order valence-corrected chi connectivity index (χ3v) is 4.49. The van der Waals surface area contributed by atoms with Crippen LogP contribution in [0.15, 0.2) is 17.5 Å². The van der Waals surface area contributed by atoms with Crippen molar-refractivity contribution in [2.24, 2.45) is 5.92 Å². The van der Waals surface area contributed by atoms with Crippen LogP contribution in [0.4, 0.5) is 13.2 Å². The highest BCUT2D eigenvalue weighted by Gasteiger charge is 2.38. The zero-order valence-electron chi connectivity index (χ0n) is 14.0. The molecule has 0 fully saturated rings. The fourth-order valence-electron chi connectivity index (χ4n) is 2.30. The number of ether oxygens (including phenoxy) is 1. The van der Waals surface area contributed by atoms with Crippen molar-refractivity contribution in [1.29, 1.82) is 0 Å². The molecule has 0 saturated heterocycles. The second-order valence-corrected chi connectivity index (χ2v) is 6.73. The Morgan fingerprint density at radius 2 is 2.27 bits per heavy atom. The summed E-state index contributed by atoms with van der Waals surface area (Å²) >= 11 is 1.78. The van der Waals surface area contributed by atoms with Gasteiger partial charge in [-0.25, -0.2) is 9.48 Å². The molecule has 2 N–H and O–H groups in total. The van der Waals surface area contributed by atoms with Gasteiger partial charge in [0.2, 0.25) is 0 Å². The van der Waals surface area contributed by atoms with Gasteiger partial charge in [0, 0.05) is 30.4 Å². The second kappa shape index (κ2) is 9.10. The molecule has 1 unspecified atom stereocenters. The first-order valence-corrected chi connectivity index (χ1v) is 8.65. The van der Waals surface area contributed by atoms with E-state index in [2.05, 4.69) is 33.1 Å². The quantitative estimate of drug-likeness (QED) is 0.829. The summed E-state index contributed by atoms with van der Waals surface area (Å²) in [6.45, 7) is 6.14. The molecule has 0 radical (unpaired) electrons. The fourth-order valence-corrected chi connectivity index (χ4v) is 2.98. The van der Waals surface area contributed by atoms with E-state index in [0.717, 1.165) is 37.6 Å². The van der Waals surface area contributed by atoms with Gasteiger partial charge in [-0.15, -0.1) is 16.4 Å². The normalized spacial score (nSPS) is 17.0. The van der Waals surface area contributed by atoms with E-state index in [1.54, 1.807) is 11.3 Å². The summed E-state index contributed by atoms with van der Waals surface area (Å²) in [4.78, 5) is 10.3. The van der Waals surface area contributed by atoms with Crippen molar-refractivity contribution in [1.82, 2.24) is 20.3 Å². The smallest absolute Gasteiger partial charge is 0.475 e. The van der Waals surface area contributed by atoms with Crippen molar-refractivity contribution >= 4 is 17.3 Å². The minimum Gasteiger partial charge on any atom is -0.475 e. The zero-order chi connectivity index (χ0) is 19.2. The Hall–Kier alpha value is -1.98. The van der Waals surface area contributed by atoms with Crippen molar-refractivity contribution in [3.8, 4) is 0 Å². The number of carbonyl (C=O) groups is 1. The van der Waals surface area contributed by atoms with Crippen LogP contribution in [0.3, 0.4) is 0 Å². The number of carboxylic acids is 1. The van der Waals surface area contributed by atoms with Crippen LogP contribution in [0.1, 0.15) is 16.3 Å². The summed E-state index contributed by atoms with van der Waals surface area (Å²) in [5.41, 5.74) is 2.09. The third-order valence-electron chi connectivity index (χ3n) is 3.61. The molecule has 144 valence electrons. The van der Waals surface area contributed by atoms with Crippen LogP contribution in [0.25, 0.3) is 0 Å². The summed E-state index contributed by atoms with van der Waals surface area (Å²) in [5, 5.41) is 21.0.